The highest BCUT2D eigenvalue weighted by Gasteiger charge is 2.39. The molecule has 4 atom stereocenters. The van der Waals surface area contributed by atoms with Crippen molar-refractivity contribution in [3.8, 4) is 34.0 Å². The first kappa shape index (κ1) is 41.9. The molecule has 2 aliphatic rings. The van der Waals surface area contributed by atoms with E-state index in [1.54, 1.807) is 34.3 Å². The van der Waals surface area contributed by atoms with Gasteiger partial charge < -0.3 is 39.3 Å². The Morgan fingerprint density at radius 1 is 0.762 bits per heavy atom. The number of ether oxygens (including phenoxy) is 3. The molecule has 4 aromatic carbocycles. The highest BCUT2D eigenvalue weighted by atomic mass is 16.5. The molecule has 2 aromatic heterocycles. The third kappa shape index (κ3) is 9.27. The molecular formula is C48H46N8O7. The lowest BCUT2D eigenvalue weighted by atomic mass is 9.98. The van der Waals surface area contributed by atoms with Gasteiger partial charge in [-0.25, -0.2) is 19.6 Å². The van der Waals surface area contributed by atoms with Crippen molar-refractivity contribution < 1.29 is 33.4 Å². The number of nitrogens with zero attached hydrogens (tertiary/aromatic N) is 5. The number of amides is 4. The lowest BCUT2D eigenvalue weighted by Crippen LogP contribution is -2.43. The number of rotatable bonds is 12. The number of H-pyrrole nitrogens is 2. The topological polar surface area (TPSA) is 184 Å². The summed E-state index contributed by atoms with van der Waals surface area (Å²) < 4.78 is 15.8. The van der Waals surface area contributed by atoms with E-state index in [4.69, 9.17) is 14.5 Å². The second-order valence-corrected chi connectivity index (χ2v) is 15.2. The van der Waals surface area contributed by atoms with E-state index in [9.17, 15) is 19.2 Å². The number of carbonyl (C=O) groups is 4. The zero-order valence-corrected chi connectivity index (χ0v) is 34.8. The molecule has 63 heavy (non-hydrogen) atoms. The monoisotopic (exact) mass is 846 g/mol. The van der Waals surface area contributed by atoms with Gasteiger partial charge in [0.05, 0.1) is 50.0 Å². The van der Waals surface area contributed by atoms with E-state index in [1.165, 1.54) is 20.4 Å². The molecule has 2 aliphatic heterocycles. The normalized spacial score (nSPS) is 17.1. The average Bonchev–Trinajstić information content (AvgIpc) is 4.16. The predicted octanol–water partition coefficient (Wildman–Crippen LogP) is 8.47. The molecule has 4 heterocycles. The van der Waals surface area contributed by atoms with E-state index in [0.717, 1.165) is 46.5 Å². The molecule has 320 valence electrons. The maximum absolute atomic E-state index is 14.0. The standard InChI is InChI=1S/C48H46N8O7/c1-30-23-25-56(46(58)41(54-48(60)62-3)33-14-8-5-9-15-33)42(30)44-50-29-39(53-44)34-16-10-17-36(26-34)63-35-21-19-32(20-22-35)38-28-49-43(52-38)40-18-11-24-55(40)45(57)37(27-51-47(59)61-2)31-12-6-4-7-13-31/h4-10,12-17,19-22,26-29,37,40-42H,1,11,18,23-25H2,2-3H3,(H,49,52)(H,50,53)(H,54,60)/t37?,40-,41+,42-/m0/s1. The van der Waals surface area contributed by atoms with Gasteiger partial charge >= 0.3 is 12.2 Å². The first-order valence-electron chi connectivity index (χ1n) is 20.5. The van der Waals surface area contributed by atoms with Crippen LogP contribution in [0.4, 0.5) is 9.59 Å². The molecule has 4 amide bonds. The van der Waals surface area contributed by atoms with Crippen LogP contribution in [-0.2, 0) is 19.1 Å². The number of methoxy groups -OCH3 is 2. The second kappa shape index (κ2) is 18.8. The Bertz CT molecular complexity index is 2630. The van der Waals surface area contributed by atoms with E-state index in [1.807, 2.05) is 97.1 Å². The molecule has 15 nitrogen and oxygen atoms in total. The van der Waals surface area contributed by atoms with Crippen molar-refractivity contribution in [2.45, 2.75) is 43.3 Å². The van der Waals surface area contributed by atoms with E-state index in [0.29, 0.717) is 48.2 Å². The maximum Gasteiger partial charge on any atom is 0.432 e. The Labute approximate surface area is 363 Å². The Balaban J connectivity index is 0.936. The summed E-state index contributed by atoms with van der Waals surface area (Å²) in [6.07, 6.45) is 5.48. The first-order valence-corrected chi connectivity index (χ1v) is 20.5. The minimum Gasteiger partial charge on any atom is -0.457 e. The Morgan fingerprint density at radius 2 is 1.44 bits per heavy atom. The van der Waals surface area contributed by atoms with Crippen LogP contribution in [0.2, 0.25) is 0 Å². The summed E-state index contributed by atoms with van der Waals surface area (Å²) in [6.45, 7) is 5.22. The molecule has 2 saturated heterocycles. The quantitative estimate of drug-likeness (QED) is 0.0803. The van der Waals surface area contributed by atoms with Gasteiger partial charge in [-0.3, -0.25) is 9.59 Å². The van der Waals surface area contributed by atoms with Gasteiger partial charge in [-0.2, -0.15) is 4.99 Å². The van der Waals surface area contributed by atoms with E-state index in [-0.39, 0.29) is 17.9 Å². The van der Waals surface area contributed by atoms with Crippen LogP contribution in [0, 0.1) is 0 Å². The minimum absolute atomic E-state index is 0.172. The SMILES string of the molecule is C=C1CCN(C(=O)[C@H](NC(=O)OC)c2ccccc2)[C@@H]1c1ncc(-c2cccc(Oc3ccc(-c4cnc([C@@H]5CCCN5C(=O)C(C=NC(=O)OC)c5ccccc5)[nH]4)cc3)c2)[nH]1. The van der Waals surface area contributed by atoms with Crippen LogP contribution in [0.25, 0.3) is 22.5 Å². The molecule has 8 rings (SSSR count). The fourth-order valence-corrected chi connectivity index (χ4v) is 8.08. The molecule has 0 aliphatic carbocycles. The van der Waals surface area contributed by atoms with Gasteiger partial charge in [0.2, 0.25) is 5.91 Å². The van der Waals surface area contributed by atoms with Crippen molar-refractivity contribution in [1.82, 2.24) is 35.1 Å². The van der Waals surface area contributed by atoms with Gasteiger partial charge in [-0.05, 0) is 77.9 Å². The Kier molecular flexibility index (Phi) is 12.5. The fraction of sp³-hybridized carbons (Fsp3) is 0.229. The predicted molar refractivity (Wildman–Crippen MR) is 235 cm³/mol. The van der Waals surface area contributed by atoms with Gasteiger partial charge in [0.15, 0.2) is 0 Å². The Morgan fingerprint density at radius 3 is 2.16 bits per heavy atom. The zero-order valence-electron chi connectivity index (χ0n) is 34.8. The number of imidazole rings is 2. The van der Waals surface area contributed by atoms with E-state index >= 15 is 0 Å². The van der Waals surface area contributed by atoms with Crippen LogP contribution in [0.5, 0.6) is 11.5 Å². The molecule has 0 bridgehead atoms. The summed E-state index contributed by atoms with van der Waals surface area (Å²) in [6, 6.07) is 31.8. The van der Waals surface area contributed by atoms with Crippen LogP contribution in [-0.4, -0.2) is 87.3 Å². The van der Waals surface area contributed by atoms with Crippen LogP contribution >= 0.6 is 0 Å². The molecule has 15 heteroatoms. The molecule has 0 radical (unpaired) electrons. The van der Waals surface area contributed by atoms with Gasteiger partial charge in [-0.1, -0.05) is 79.4 Å². The number of benzene rings is 4. The highest BCUT2D eigenvalue weighted by molar-refractivity contribution is 6.01. The fourth-order valence-electron chi connectivity index (χ4n) is 8.08. The maximum atomic E-state index is 14.0. The number of hydrogen-bond acceptors (Lipinski definition) is 9. The third-order valence-electron chi connectivity index (χ3n) is 11.3. The number of hydrogen-bond donors (Lipinski definition) is 3. The molecule has 3 N–H and O–H groups in total. The molecule has 6 aromatic rings. The summed E-state index contributed by atoms with van der Waals surface area (Å²) in [7, 11) is 2.51. The average molecular weight is 847 g/mol. The molecule has 1 unspecified atom stereocenters. The van der Waals surface area contributed by atoms with Crippen LogP contribution in [0.3, 0.4) is 0 Å². The number of carbonyl (C=O) groups excluding carboxylic acids is 4. The van der Waals surface area contributed by atoms with Crippen LogP contribution < -0.4 is 10.1 Å². The lowest BCUT2D eigenvalue weighted by Gasteiger charge is -2.28. The molecule has 2 fully saturated rings. The molecule has 0 spiro atoms. The highest BCUT2D eigenvalue weighted by Crippen LogP contribution is 2.38. The van der Waals surface area contributed by atoms with Crippen LogP contribution in [0.15, 0.2) is 139 Å². The second-order valence-electron chi connectivity index (χ2n) is 15.2. The van der Waals surface area contributed by atoms with Gasteiger partial charge in [0.25, 0.3) is 5.91 Å². The number of likely N-dealkylation sites (tertiary alicyclic amines) is 2. The van der Waals surface area contributed by atoms with E-state index in [2.05, 4.69) is 36.6 Å². The molecular weight excluding hydrogens is 801 g/mol. The number of aromatic nitrogens is 4. The Hall–Kier alpha value is -7.81. The summed E-state index contributed by atoms with van der Waals surface area (Å²) in [4.78, 5) is 75.7. The minimum atomic E-state index is -0.955. The van der Waals surface area contributed by atoms with Crippen LogP contribution in [0.1, 0.15) is 66.1 Å². The van der Waals surface area contributed by atoms with Gasteiger partial charge in [-0.15, -0.1) is 0 Å². The van der Waals surface area contributed by atoms with Crippen molar-refractivity contribution in [3.63, 3.8) is 0 Å². The number of alkyl carbamates (subject to hydrolysis) is 1. The summed E-state index contributed by atoms with van der Waals surface area (Å²) in [5.41, 5.74) is 5.42. The third-order valence-corrected chi connectivity index (χ3v) is 11.3. The van der Waals surface area contributed by atoms with Crippen molar-refractivity contribution >= 4 is 30.2 Å². The van der Waals surface area contributed by atoms with Crippen molar-refractivity contribution in [3.05, 3.63) is 157 Å². The summed E-state index contributed by atoms with van der Waals surface area (Å²) in [5, 5.41) is 2.69. The van der Waals surface area contributed by atoms with Gasteiger partial charge in [0.1, 0.15) is 35.2 Å². The first-order chi connectivity index (χ1) is 30.7. The number of aliphatic imine (C=N–C) groups is 1. The summed E-state index contributed by atoms with van der Waals surface area (Å²) >= 11 is 0. The lowest BCUT2D eigenvalue weighted by molar-refractivity contribution is -0.134. The van der Waals surface area contributed by atoms with Crippen molar-refractivity contribution in [2.75, 3.05) is 27.3 Å². The smallest absolute Gasteiger partial charge is 0.432 e. The zero-order chi connectivity index (χ0) is 43.9. The van der Waals surface area contributed by atoms with Crippen molar-refractivity contribution in [1.29, 1.82) is 0 Å². The largest absolute Gasteiger partial charge is 0.457 e. The number of aromatic amines is 2. The van der Waals surface area contributed by atoms with E-state index < -0.39 is 30.2 Å². The van der Waals surface area contributed by atoms with Gasteiger partial charge in [0, 0.05) is 24.9 Å². The number of nitrogens with one attached hydrogen (secondary N) is 3. The summed E-state index contributed by atoms with van der Waals surface area (Å²) in [5.74, 6) is 1.24. The van der Waals surface area contributed by atoms with Crippen molar-refractivity contribution in [2.24, 2.45) is 4.99 Å². The molecule has 0 saturated carbocycles.